The fourth-order valence-electron chi connectivity index (χ4n) is 1.86. The lowest BCUT2D eigenvalue weighted by molar-refractivity contribution is -0.115. The van der Waals surface area contributed by atoms with E-state index in [-0.39, 0.29) is 11.2 Å². The van der Waals surface area contributed by atoms with Crippen LogP contribution in [0.3, 0.4) is 0 Å². The predicted molar refractivity (Wildman–Crippen MR) is 79.8 cm³/mol. The number of aryl methyl sites for hydroxylation is 3. The van der Waals surface area contributed by atoms with E-state index in [1.165, 1.54) is 11.8 Å². The van der Waals surface area contributed by atoms with E-state index in [2.05, 4.69) is 15.4 Å². The summed E-state index contributed by atoms with van der Waals surface area (Å²) >= 11 is 1.44. The lowest BCUT2D eigenvalue weighted by atomic mass is 10.3. The molecule has 1 N–H and O–H groups in total. The summed E-state index contributed by atoms with van der Waals surface area (Å²) in [7, 11) is 3.78. The number of hydrogen-bond donors (Lipinski definition) is 1. The molecule has 0 unspecified atom stereocenters. The Morgan fingerprint density at radius 3 is 2.60 bits per heavy atom. The topological polar surface area (TPSA) is 64.7 Å². The molecule has 2 aromatic heterocycles. The van der Waals surface area contributed by atoms with Gasteiger partial charge >= 0.3 is 0 Å². The predicted octanol–water partition coefficient (Wildman–Crippen LogP) is 1.89. The largest absolute Gasteiger partial charge is 0.329 e. The SMILES string of the molecule is Cc1nn(C)c(C)c1NC(=O)[C@@H](C)Sc1nccn1C. The van der Waals surface area contributed by atoms with Crippen LogP contribution in [0.25, 0.3) is 0 Å². The summed E-state index contributed by atoms with van der Waals surface area (Å²) in [5.74, 6) is -0.0443. The van der Waals surface area contributed by atoms with Gasteiger partial charge in [-0.2, -0.15) is 5.10 Å². The van der Waals surface area contributed by atoms with Crippen LogP contribution >= 0.6 is 11.8 Å². The summed E-state index contributed by atoms with van der Waals surface area (Å²) in [5, 5.41) is 7.84. The maximum absolute atomic E-state index is 12.3. The second-order valence-corrected chi connectivity index (χ2v) is 6.05. The van der Waals surface area contributed by atoms with Gasteiger partial charge in [-0.3, -0.25) is 9.48 Å². The zero-order valence-electron chi connectivity index (χ0n) is 12.3. The van der Waals surface area contributed by atoms with E-state index in [9.17, 15) is 4.79 Å². The third kappa shape index (κ3) is 2.87. The van der Waals surface area contributed by atoms with E-state index in [1.54, 1.807) is 10.9 Å². The number of nitrogens with one attached hydrogen (secondary N) is 1. The van der Waals surface area contributed by atoms with Gasteiger partial charge in [-0.1, -0.05) is 11.8 Å². The molecular formula is C13H19N5OS. The van der Waals surface area contributed by atoms with E-state index >= 15 is 0 Å². The van der Waals surface area contributed by atoms with Crippen LogP contribution in [0.1, 0.15) is 18.3 Å². The van der Waals surface area contributed by atoms with Gasteiger partial charge in [0.2, 0.25) is 5.91 Å². The highest BCUT2D eigenvalue weighted by atomic mass is 32.2. The molecule has 0 saturated heterocycles. The van der Waals surface area contributed by atoms with Crippen molar-refractivity contribution in [3.05, 3.63) is 23.8 Å². The van der Waals surface area contributed by atoms with E-state index in [1.807, 2.05) is 45.6 Å². The molecule has 0 bridgehead atoms. The number of hydrogen-bond acceptors (Lipinski definition) is 4. The van der Waals surface area contributed by atoms with Crippen molar-refractivity contribution in [3.8, 4) is 0 Å². The van der Waals surface area contributed by atoms with Gasteiger partial charge in [0, 0.05) is 26.5 Å². The fraction of sp³-hybridized carbons (Fsp3) is 0.462. The minimum atomic E-state index is -0.227. The molecule has 0 aromatic carbocycles. The number of carbonyl (C=O) groups is 1. The molecule has 0 aliphatic carbocycles. The lowest BCUT2D eigenvalue weighted by Crippen LogP contribution is -2.23. The minimum Gasteiger partial charge on any atom is -0.329 e. The molecule has 0 saturated carbocycles. The number of anilines is 1. The van der Waals surface area contributed by atoms with Crippen LogP contribution in [-0.4, -0.2) is 30.5 Å². The third-order valence-corrected chi connectivity index (χ3v) is 4.36. The van der Waals surface area contributed by atoms with Crippen molar-refractivity contribution in [2.24, 2.45) is 14.1 Å². The summed E-state index contributed by atoms with van der Waals surface area (Å²) in [4.78, 5) is 16.5. The number of carbonyl (C=O) groups excluding carboxylic acids is 1. The Balaban J connectivity index is 2.06. The molecule has 2 rings (SSSR count). The first kappa shape index (κ1) is 14.6. The first-order valence-corrected chi connectivity index (χ1v) is 7.23. The molecule has 7 heteroatoms. The first-order valence-electron chi connectivity index (χ1n) is 6.35. The van der Waals surface area contributed by atoms with Crippen LogP contribution < -0.4 is 5.32 Å². The van der Waals surface area contributed by atoms with E-state index in [0.717, 1.165) is 22.2 Å². The van der Waals surface area contributed by atoms with Gasteiger partial charge in [-0.15, -0.1) is 0 Å². The van der Waals surface area contributed by atoms with Gasteiger partial charge in [0.25, 0.3) is 0 Å². The van der Waals surface area contributed by atoms with Crippen LogP contribution in [0.5, 0.6) is 0 Å². The number of aromatic nitrogens is 4. The summed E-state index contributed by atoms with van der Waals surface area (Å²) in [6.07, 6.45) is 3.59. The van der Waals surface area contributed by atoms with Gasteiger partial charge in [-0.05, 0) is 20.8 Å². The lowest BCUT2D eigenvalue weighted by Gasteiger charge is -2.12. The normalized spacial score (nSPS) is 12.4. The Morgan fingerprint density at radius 1 is 1.40 bits per heavy atom. The van der Waals surface area contributed by atoms with Crippen molar-refractivity contribution in [1.82, 2.24) is 19.3 Å². The molecule has 108 valence electrons. The van der Waals surface area contributed by atoms with Crippen LogP contribution in [-0.2, 0) is 18.9 Å². The van der Waals surface area contributed by atoms with Gasteiger partial charge < -0.3 is 9.88 Å². The maximum Gasteiger partial charge on any atom is 0.237 e. The summed E-state index contributed by atoms with van der Waals surface area (Å²) in [6.45, 7) is 5.70. The van der Waals surface area contributed by atoms with Crippen molar-refractivity contribution >= 4 is 23.4 Å². The number of thioether (sulfide) groups is 1. The standard InChI is InChI=1S/C13H19N5OS/c1-8-11(9(2)18(5)16-8)15-12(19)10(3)20-13-14-6-7-17(13)4/h6-7,10H,1-5H3,(H,15,19)/t10-/m1/s1. The van der Waals surface area contributed by atoms with Crippen LogP contribution in [0.2, 0.25) is 0 Å². The third-order valence-electron chi connectivity index (χ3n) is 3.19. The van der Waals surface area contributed by atoms with E-state index < -0.39 is 0 Å². The van der Waals surface area contributed by atoms with E-state index in [4.69, 9.17) is 0 Å². The molecule has 0 radical (unpaired) electrons. The minimum absolute atomic E-state index is 0.0443. The quantitative estimate of drug-likeness (QED) is 0.874. The number of nitrogens with zero attached hydrogens (tertiary/aromatic N) is 4. The summed E-state index contributed by atoms with van der Waals surface area (Å²) < 4.78 is 3.66. The molecule has 0 spiro atoms. The highest BCUT2D eigenvalue weighted by molar-refractivity contribution is 8.00. The molecular weight excluding hydrogens is 274 g/mol. The van der Waals surface area contributed by atoms with Crippen molar-refractivity contribution in [2.45, 2.75) is 31.2 Å². The molecule has 0 fully saturated rings. The zero-order chi connectivity index (χ0) is 14.9. The van der Waals surface area contributed by atoms with E-state index in [0.29, 0.717) is 0 Å². The molecule has 1 amide bonds. The number of imidazole rings is 1. The molecule has 6 nitrogen and oxygen atoms in total. The summed E-state index contributed by atoms with van der Waals surface area (Å²) in [6, 6.07) is 0. The second kappa shape index (κ2) is 5.70. The average Bonchev–Trinajstić information content (AvgIpc) is 2.89. The van der Waals surface area contributed by atoms with Gasteiger partial charge in [0.15, 0.2) is 5.16 Å². The monoisotopic (exact) mass is 293 g/mol. The maximum atomic E-state index is 12.3. The molecule has 1 atom stereocenters. The first-order chi connectivity index (χ1) is 9.40. The Morgan fingerprint density at radius 2 is 2.10 bits per heavy atom. The van der Waals surface area contributed by atoms with Crippen molar-refractivity contribution in [3.63, 3.8) is 0 Å². The Hall–Kier alpha value is -1.76. The summed E-state index contributed by atoms with van der Waals surface area (Å²) in [5.41, 5.74) is 2.57. The van der Waals surface area contributed by atoms with Crippen molar-refractivity contribution in [2.75, 3.05) is 5.32 Å². The molecule has 2 aromatic rings. The second-order valence-electron chi connectivity index (χ2n) is 4.74. The van der Waals surface area contributed by atoms with Gasteiger partial charge in [0.05, 0.1) is 22.3 Å². The van der Waals surface area contributed by atoms with Crippen molar-refractivity contribution in [1.29, 1.82) is 0 Å². The Kier molecular flexibility index (Phi) is 4.17. The van der Waals surface area contributed by atoms with Crippen LogP contribution in [0, 0.1) is 13.8 Å². The molecule has 0 aliphatic heterocycles. The molecule has 0 aliphatic rings. The zero-order valence-corrected chi connectivity index (χ0v) is 13.2. The highest BCUT2D eigenvalue weighted by Gasteiger charge is 2.19. The number of rotatable bonds is 4. The van der Waals surface area contributed by atoms with Crippen molar-refractivity contribution < 1.29 is 4.79 Å². The van der Waals surface area contributed by atoms with Gasteiger partial charge in [0.1, 0.15) is 0 Å². The smallest absolute Gasteiger partial charge is 0.237 e. The van der Waals surface area contributed by atoms with Crippen LogP contribution in [0.4, 0.5) is 5.69 Å². The van der Waals surface area contributed by atoms with Crippen LogP contribution in [0.15, 0.2) is 17.6 Å². The Bertz CT molecular complexity index is 631. The Labute approximate surface area is 122 Å². The highest BCUT2D eigenvalue weighted by Crippen LogP contribution is 2.24. The fourth-order valence-corrected chi connectivity index (χ4v) is 2.69. The average molecular weight is 293 g/mol. The molecule has 20 heavy (non-hydrogen) atoms. The number of amides is 1. The van der Waals surface area contributed by atoms with Gasteiger partial charge in [-0.25, -0.2) is 4.98 Å². The molecule has 2 heterocycles.